The van der Waals surface area contributed by atoms with Crippen molar-refractivity contribution in [2.45, 2.75) is 18.9 Å². The first-order valence-corrected chi connectivity index (χ1v) is 14.9. The fraction of sp³-hybridized carbons (Fsp3) is 0.344. The molecule has 13 heteroatoms. The van der Waals surface area contributed by atoms with Crippen LogP contribution in [0.3, 0.4) is 0 Å². The quantitative estimate of drug-likeness (QED) is 0.255. The molecule has 3 aliphatic rings. The number of nitrogens with zero attached hydrogens (tertiary/aromatic N) is 5. The molecule has 4 N–H and O–H groups in total. The number of nitrogens with one attached hydrogen (secondary N) is 2. The average molecular weight is 611 g/mol. The Bertz CT molecular complexity index is 1720. The summed E-state index contributed by atoms with van der Waals surface area (Å²) >= 11 is 0. The predicted octanol–water partition coefficient (Wildman–Crippen LogP) is 3.76. The van der Waals surface area contributed by atoms with Crippen molar-refractivity contribution in [3.05, 3.63) is 72.1 Å². The highest BCUT2D eigenvalue weighted by molar-refractivity contribution is 5.98. The van der Waals surface area contributed by atoms with Gasteiger partial charge in [-0.05, 0) is 55.3 Å². The lowest BCUT2D eigenvalue weighted by molar-refractivity contribution is -0.190. The molecule has 232 valence electrons. The number of rotatable bonds is 9. The van der Waals surface area contributed by atoms with E-state index in [1.54, 1.807) is 36.3 Å². The Labute approximate surface area is 259 Å². The van der Waals surface area contributed by atoms with Crippen LogP contribution in [-0.4, -0.2) is 83.1 Å². The van der Waals surface area contributed by atoms with Crippen LogP contribution in [0.2, 0.25) is 0 Å². The molecule has 7 rings (SSSR count). The van der Waals surface area contributed by atoms with Gasteiger partial charge < -0.3 is 35.5 Å². The van der Waals surface area contributed by atoms with Crippen molar-refractivity contribution < 1.29 is 23.8 Å². The number of amides is 2. The van der Waals surface area contributed by atoms with Gasteiger partial charge in [-0.15, -0.1) is 0 Å². The topological polar surface area (TPSA) is 159 Å². The van der Waals surface area contributed by atoms with Gasteiger partial charge >= 0.3 is 0 Å². The zero-order valence-electron chi connectivity index (χ0n) is 24.9. The van der Waals surface area contributed by atoms with E-state index in [4.69, 9.17) is 25.0 Å². The molecule has 4 heterocycles. The van der Waals surface area contributed by atoms with Gasteiger partial charge in [0.05, 0.1) is 51.0 Å². The van der Waals surface area contributed by atoms with Crippen molar-refractivity contribution in [3.8, 4) is 17.0 Å². The summed E-state index contributed by atoms with van der Waals surface area (Å²) in [5, 5.41) is 11.3. The van der Waals surface area contributed by atoms with E-state index >= 15 is 0 Å². The van der Waals surface area contributed by atoms with E-state index in [2.05, 4.69) is 20.6 Å². The highest BCUT2D eigenvalue weighted by atomic mass is 16.5. The van der Waals surface area contributed by atoms with Gasteiger partial charge in [-0.2, -0.15) is 10.1 Å². The van der Waals surface area contributed by atoms with Gasteiger partial charge in [-0.25, -0.2) is 4.98 Å². The zero-order valence-corrected chi connectivity index (χ0v) is 24.9. The number of anilines is 4. The van der Waals surface area contributed by atoms with Crippen molar-refractivity contribution in [3.63, 3.8) is 0 Å². The van der Waals surface area contributed by atoms with E-state index in [1.165, 1.54) is 6.20 Å². The van der Waals surface area contributed by atoms with Crippen LogP contribution in [0.5, 0.6) is 5.75 Å². The minimum absolute atomic E-state index is 0.0405. The maximum atomic E-state index is 12.8. The van der Waals surface area contributed by atoms with Gasteiger partial charge in [0.25, 0.3) is 11.8 Å². The Morgan fingerprint density at radius 3 is 2.51 bits per heavy atom. The van der Waals surface area contributed by atoms with Gasteiger partial charge in [-0.1, -0.05) is 6.07 Å². The number of primary amides is 1. The lowest BCUT2D eigenvalue weighted by Gasteiger charge is -2.54. The second kappa shape index (κ2) is 11.8. The summed E-state index contributed by atoms with van der Waals surface area (Å²) in [4.78, 5) is 35.7. The number of carbonyl (C=O) groups is 2. The molecule has 13 nitrogen and oxygen atoms in total. The lowest BCUT2D eigenvalue weighted by Crippen LogP contribution is -2.55. The Hall–Kier alpha value is -5.01. The highest BCUT2D eigenvalue weighted by Crippen LogP contribution is 2.54. The van der Waals surface area contributed by atoms with Gasteiger partial charge in [0.1, 0.15) is 11.4 Å². The Balaban J connectivity index is 1.11. The maximum Gasteiger partial charge on any atom is 0.254 e. The van der Waals surface area contributed by atoms with Gasteiger partial charge in [0.2, 0.25) is 5.95 Å². The number of hydrogen-bond donors (Lipinski definition) is 3. The normalized spacial score (nSPS) is 18.5. The summed E-state index contributed by atoms with van der Waals surface area (Å²) in [7, 11) is 1.59. The van der Waals surface area contributed by atoms with E-state index in [9.17, 15) is 9.59 Å². The number of hydrogen-bond acceptors (Lipinski definition) is 10. The Morgan fingerprint density at radius 2 is 1.84 bits per heavy atom. The van der Waals surface area contributed by atoms with E-state index in [0.717, 1.165) is 37.3 Å². The van der Waals surface area contributed by atoms with E-state index in [1.807, 2.05) is 35.1 Å². The van der Waals surface area contributed by atoms with Crippen LogP contribution in [-0.2, 0) is 9.47 Å². The second-order valence-electron chi connectivity index (χ2n) is 11.5. The van der Waals surface area contributed by atoms with E-state index in [0.29, 0.717) is 55.0 Å². The first-order valence-electron chi connectivity index (χ1n) is 14.9. The summed E-state index contributed by atoms with van der Waals surface area (Å²) in [6.45, 7) is 3.79. The smallest absolute Gasteiger partial charge is 0.254 e. The van der Waals surface area contributed by atoms with Crippen LogP contribution < -0.4 is 21.1 Å². The third-order valence-corrected chi connectivity index (χ3v) is 8.82. The fourth-order valence-electron chi connectivity index (χ4n) is 6.13. The van der Waals surface area contributed by atoms with Crippen LogP contribution in [0.4, 0.5) is 23.1 Å². The Kier molecular flexibility index (Phi) is 7.55. The van der Waals surface area contributed by atoms with Crippen LogP contribution >= 0.6 is 0 Å². The van der Waals surface area contributed by atoms with E-state index in [-0.39, 0.29) is 28.7 Å². The van der Waals surface area contributed by atoms with Crippen LogP contribution in [0.15, 0.2) is 60.9 Å². The van der Waals surface area contributed by atoms with Gasteiger partial charge in [-0.3, -0.25) is 14.3 Å². The average Bonchev–Trinajstić information content (AvgIpc) is 3.49. The lowest BCUT2D eigenvalue weighted by atomic mass is 9.63. The number of ether oxygens (including phenoxy) is 3. The number of para-hydroxylation sites is 1. The van der Waals surface area contributed by atoms with Crippen molar-refractivity contribution >= 4 is 35.0 Å². The summed E-state index contributed by atoms with van der Waals surface area (Å²) in [6, 6.07) is 15.0. The molecule has 2 aromatic heterocycles. The summed E-state index contributed by atoms with van der Waals surface area (Å²) in [5.74, 6) is 0.265. The predicted molar refractivity (Wildman–Crippen MR) is 166 cm³/mol. The first kappa shape index (κ1) is 28.7. The third-order valence-electron chi connectivity index (χ3n) is 8.82. The van der Waals surface area contributed by atoms with Gasteiger partial charge in [0.15, 0.2) is 5.75 Å². The molecule has 0 bridgehead atoms. The third kappa shape index (κ3) is 5.44. The van der Waals surface area contributed by atoms with Crippen molar-refractivity contribution in [2.75, 3.05) is 57.3 Å². The molecule has 2 aliphatic heterocycles. The number of aromatic nitrogens is 4. The van der Waals surface area contributed by atoms with Crippen LogP contribution in [0.1, 0.15) is 39.6 Å². The van der Waals surface area contributed by atoms with Crippen LogP contribution in [0, 0.1) is 5.41 Å². The minimum Gasteiger partial charge on any atom is -0.494 e. The summed E-state index contributed by atoms with van der Waals surface area (Å²) < 4.78 is 18.7. The zero-order chi connectivity index (χ0) is 31.0. The minimum atomic E-state index is -0.682. The molecule has 0 unspecified atom stereocenters. The molecule has 3 fully saturated rings. The number of morpholine rings is 1. The Morgan fingerprint density at radius 1 is 1.04 bits per heavy atom. The number of benzene rings is 2. The molecule has 1 atom stereocenters. The second-order valence-corrected chi connectivity index (χ2v) is 11.5. The molecular weight excluding hydrogens is 576 g/mol. The molecule has 1 aliphatic carbocycles. The van der Waals surface area contributed by atoms with Crippen LogP contribution in [0.25, 0.3) is 11.3 Å². The molecule has 4 aromatic rings. The monoisotopic (exact) mass is 610 g/mol. The molecule has 1 saturated carbocycles. The summed E-state index contributed by atoms with van der Waals surface area (Å²) in [6.07, 6.45) is 5.62. The molecule has 1 spiro atoms. The van der Waals surface area contributed by atoms with Crippen molar-refractivity contribution in [1.29, 1.82) is 0 Å². The van der Waals surface area contributed by atoms with E-state index < -0.39 is 5.91 Å². The standard InChI is InChI=1S/C32H34N8O5/c1-43-27-22(24-10-12-40(38-24)26-9-11-32(26)18-45-19-32)3-2-4-25(27)36-29-23(28(33)41)17-34-31(37-29)35-21-7-5-20(6-8-21)30(42)39-13-15-44-16-14-39/h2-8,10,12,17,26H,9,11,13-16,18-19H2,1H3,(H2,33,41)(H2,34,35,36,37)/t26-/m1/s1. The number of methoxy groups -OCH3 is 1. The molecule has 2 amide bonds. The van der Waals surface area contributed by atoms with Gasteiger partial charge in [0, 0.05) is 47.7 Å². The summed E-state index contributed by atoms with van der Waals surface area (Å²) in [5.41, 5.74) is 9.40. The molecule has 0 radical (unpaired) electrons. The largest absolute Gasteiger partial charge is 0.494 e. The fourth-order valence-corrected chi connectivity index (χ4v) is 6.13. The maximum absolute atomic E-state index is 12.8. The van der Waals surface area contributed by atoms with Crippen molar-refractivity contribution in [2.24, 2.45) is 11.1 Å². The molecule has 2 aromatic carbocycles. The molecular formula is C32H34N8O5. The SMILES string of the molecule is COc1c(Nc2nc(Nc3ccc(C(=O)N4CCOCC4)cc3)ncc2C(N)=O)cccc1-c1ccn([C@@H]2CCC23COC3)n1. The molecule has 45 heavy (non-hydrogen) atoms. The molecule has 2 saturated heterocycles. The van der Waals surface area contributed by atoms with Crippen molar-refractivity contribution in [1.82, 2.24) is 24.6 Å². The first-order chi connectivity index (χ1) is 21.9. The number of carbonyl (C=O) groups excluding carboxylic acids is 2. The highest BCUT2D eigenvalue weighted by Gasteiger charge is 2.53. The number of nitrogens with two attached hydrogens (primary N) is 1.